The Labute approximate surface area is 445 Å². The number of carbonyl (C=O) groups is 3. The number of rotatable bonds is 55. The summed E-state index contributed by atoms with van der Waals surface area (Å²) in [6.07, 6.45) is 78.7. The molecule has 0 saturated carbocycles. The van der Waals surface area contributed by atoms with Crippen molar-refractivity contribution in [3.63, 3.8) is 0 Å². The van der Waals surface area contributed by atoms with Crippen molar-refractivity contribution in [3.05, 3.63) is 85.1 Å². The molecule has 6 heteroatoms. The van der Waals surface area contributed by atoms with Crippen LogP contribution in [0.1, 0.15) is 297 Å². The smallest absolute Gasteiger partial charge is 0.306 e. The van der Waals surface area contributed by atoms with Crippen LogP contribution in [0.2, 0.25) is 0 Å². The summed E-state index contributed by atoms with van der Waals surface area (Å²) in [7, 11) is 0. The van der Waals surface area contributed by atoms with E-state index in [1.807, 2.05) is 0 Å². The van der Waals surface area contributed by atoms with Gasteiger partial charge in [0.1, 0.15) is 13.2 Å². The van der Waals surface area contributed by atoms with Crippen molar-refractivity contribution in [2.45, 2.75) is 303 Å². The Hall–Kier alpha value is -3.41. The highest BCUT2D eigenvalue weighted by atomic mass is 16.6. The maximum absolute atomic E-state index is 12.8. The van der Waals surface area contributed by atoms with Crippen molar-refractivity contribution in [1.29, 1.82) is 0 Å². The fourth-order valence-corrected chi connectivity index (χ4v) is 8.53. The SMILES string of the molecule is CC/C=C\C/C=C\C/C=C\C/C=C\CCCCCCCCCCCCCCCCC(=O)OCC(COC(=O)CCCCCCC/C=C\C/C=C\CCC)OC(=O)CCCCCCC/C=C\CCCCCCC. The third-order valence-corrected chi connectivity index (χ3v) is 13.1. The van der Waals surface area contributed by atoms with Crippen molar-refractivity contribution in [2.75, 3.05) is 13.2 Å². The average molecular weight is 1000 g/mol. The molecule has 0 aliphatic rings. The van der Waals surface area contributed by atoms with Crippen LogP contribution in [0.4, 0.5) is 0 Å². The summed E-state index contributed by atoms with van der Waals surface area (Å²) < 4.78 is 16.9. The van der Waals surface area contributed by atoms with Gasteiger partial charge in [-0.25, -0.2) is 0 Å². The molecule has 6 nitrogen and oxygen atoms in total. The van der Waals surface area contributed by atoms with Crippen molar-refractivity contribution < 1.29 is 28.6 Å². The Kier molecular flexibility index (Phi) is 57.3. The Bertz CT molecular complexity index is 1380. The van der Waals surface area contributed by atoms with Gasteiger partial charge in [0.25, 0.3) is 0 Å². The monoisotopic (exact) mass is 1000 g/mol. The van der Waals surface area contributed by atoms with Crippen LogP contribution >= 0.6 is 0 Å². The Balaban J connectivity index is 4.24. The fourth-order valence-electron chi connectivity index (χ4n) is 8.53. The third kappa shape index (κ3) is 57.5. The first-order valence-corrected chi connectivity index (χ1v) is 30.6. The van der Waals surface area contributed by atoms with Crippen molar-refractivity contribution in [1.82, 2.24) is 0 Å². The number of unbranched alkanes of at least 4 members (excludes halogenated alkanes) is 30. The van der Waals surface area contributed by atoms with E-state index in [0.717, 1.165) is 122 Å². The van der Waals surface area contributed by atoms with E-state index in [2.05, 4.69) is 106 Å². The number of hydrogen-bond donors (Lipinski definition) is 0. The first-order valence-electron chi connectivity index (χ1n) is 30.6. The molecule has 0 rings (SSSR count). The number of ether oxygens (including phenoxy) is 3. The highest BCUT2D eigenvalue weighted by molar-refractivity contribution is 5.71. The average Bonchev–Trinajstić information content (AvgIpc) is 3.38. The van der Waals surface area contributed by atoms with Crippen LogP contribution in [0.15, 0.2) is 85.1 Å². The maximum atomic E-state index is 12.8. The number of esters is 3. The van der Waals surface area contributed by atoms with Crippen LogP contribution in [-0.4, -0.2) is 37.2 Å². The molecule has 0 spiro atoms. The molecule has 0 bridgehead atoms. The first-order chi connectivity index (χ1) is 35.5. The summed E-state index contributed by atoms with van der Waals surface area (Å²) in [6, 6.07) is 0. The van der Waals surface area contributed by atoms with Gasteiger partial charge in [0, 0.05) is 19.3 Å². The molecule has 0 saturated heterocycles. The lowest BCUT2D eigenvalue weighted by molar-refractivity contribution is -0.167. The highest BCUT2D eigenvalue weighted by Gasteiger charge is 2.19. The zero-order valence-corrected chi connectivity index (χ0v) is 47.4. The molecule has 0 N–H and O–H groups in total. The molecule has 1 atom stereocenters. The van der Waals surface area contributed by atoms with E-state index >= 15 is 0 Å². The van der Waals surface area contributed by atoms with Crippen molar-refractivity contribution in [3.8, 4) is 0 Å². The molecular weight excluding hydrogens is 889 g/mol. The number of hydrogen-bond acceptors (Lipinski definition) is 6. The second kappa shape index (κ2) is 60.1. The summed E-state index contributed by atoms with van der Waals surface area (Å²) in [5.74, 6) is -0.899. The zero-order chi connectivity index (χ0) is 52.2. The molecular formula is C66H114O6. The molecule has 0 radical (unpaired) electrons. The van der Waals surface area contributed by atoms with Crippen LogP contribution in [0, 0.1) is 0 Å². The molecule has 72 heavy (non-hydrogen) atoms. The molecule has 1 unspecified atom stereocenters. The minimum absolute atomic E-state index is 0.0831. The molecule has 0 aromatic carbocycles. The van der Waals surface area contributed by atoms with Gasteiger partial charge in [-0.05, 0) is 109 Å². The van der Waals surface area contributed by atoms with E-state index in [1.54, 1.807) is 0 Å². The Morgan fingerprint density at radius 2 is 0.569 bits per heavy atom. The molecule has 0 aliphatic heterocycles. The van der Waals surface area contributed by atoms with Crippen LogP contribution < -0.4 is 0 Å². The van der Waals surface area contributed by atoms with Gasteiger partial charge in [0.2, 0.25) is 0 Å². The second-order valence-corrected chi connectivity index (χ2v) is 20.2. The van der Waals surface area contributed by atoms with Crippen molar-refractivity contribution >= 4 is 17.9 Å². The van der Waals surface area contributed by atoms with Crippen LogP contribution in [-0.2, 0) is 28.6 Å². The van der Waals surface area contributed by atoms with E-state index in [4.69, 9.17) is 14.2 Å². The summed E-state index contributed by atoms with van der Waals surface area (Å²) >= 11 is 0. The van der Waals surface area contributed by atoms with Gasteiger partial charge in [0.15, 0.2) is 6.10 Å². The topological polar surface area (TPSA) is 78.9 Å². The first kappa shape index (κ1) is 68.6. The lowest BCUT2D eigenvalue weighted by Crippen LogP contribution is -2.30. The Morgan fingerprint density at radius 1 is 0.292 bits per heavy atom. The molecule has 0 amide bonds. The third-order valence-electron chi connectivity index (χ3n) is 13.1. The predicted octanol–water partition coefficient (Wildman–Crippen LogP) is 20.7. The van der Waals surface area contributed by atoms with Gasteiger partial charge in [-0.15, -0.1) is 0 Å². The standard InChI is InChI=1S/C66H114O6/c1-4-7-10-13-16-19-22-25-27-28-29-30-31-32-33-34-35-36-37-38-39-42-44-47-50-53-56-59-65(68)71-62-63(61-70-64(67)58-55-52-49-46-43-40-24-21-18-15-12-9-6-3)72-66(69)60-57-54-51-48-45-41-26-23-20-17-14-11-8-5-2/h7,10,12,15-16,19,21,23-27,29-30,63H,4-6,8-9,11,13-14,17-18,20,22,28,31-62H2,1-3H3/b10-7-,15-12-,19-16-,24-21-,26-23-,27-25-,30-29-. The molecule has 0 fully saturated rings. The molecule has 0 heterocycles. The van der Waals surface area contributed by atoms with E-state index < -0.39 is 6.10 Å². The summed E-state index contributed by atoms with van der Waals surface area (Å²) in [5.41, 5.74) is 0. The van der Waals surface area contributed by atoms with E-state index in [9.17, 15) is 14.4 Å². The quantitative estimate of drug-likeness (QED) is 0.0261. The van der Waals surface area contributed by atoms with Crippen molar-refractivity contribution in [2.24, 2.45) is 0 Å². The molecule has 0 aromatic rings. The predicted molar refractivity (Wildman–Crippen MR) is 311 cm³/mol. The van der Waals surface area contributed by atoms with Gasteiger partial charge >= 0.3 is 17.9 Å². The zero-order valence-electron chi connectivity index (χ0n) is 47.4. The van der Waals surface area contributed by atoms with Gasteiger partial charge < -0.3 is 14.2 Å². The second-order valence-electron chi connectivity index (χ2n) is 20.2. The summed E-state index contributed by atoms with van der Waals surface area (Å²) in [5, 5.41) is 0. The van der Waals surface area contributed by atoms with E-state index in [0.29, 0.717) is 19.3 Å². The molecule has 0 aromatic heterocycles. The minimum Gasteiger partial charge on any atom is -0.462 e. The lowest BCUT2D eigenvalue weighted by atomic mass is 10.0. The van der Waals surface area contributed by atoms with Gasteiger partial charge in [0.05, 0.1) is 0 Å². The van der Waals surface area contributed by atoms with Gasteiger partial charge in [-0.3, -0.25) is 14.4 Å². The molecule has 0 aliphatic carbocycles. The van der Waals surface area contributed by atoms with Crippen LogP contribution in [0.5, 0.6) is 0 Å². The number of carbonyl (C=O) groups excluding carboxylic acids is 3. The summed E-state index contributed by atoms with van der Waals surface area (Å²) in [6.45, 7) is 6.45. The fraction of sp³-hybridized carbons (Fsp3) is 0.742. The lowest BCUT2D eigenvalue weighted by Gasteiger charge is -2.18. The van der Waals surface area contributed by atoms with E-state index in [1.165, 1.54) is 135 Å². The number of allylic oxidation sites excluding steroid dienone is 14. The normalized spacial score (nSPS) is 12.7. The largest absolute Gasteiger partial charge is 0.462 e. The summed E-state index contributed by atoms with van der Waals surface area (Å²) in [4.78, 5) is 38.2. The Morgan fingerprint density at radius 3 is 0.917 bits per heavy atom. The van der Waals surface area contributed by atoms with Gasteiger partial charge in [-0.2, -0.15) is 0 Å². The van der Waals surface area contributed by atoms with Gasteiger partial charge in [-0.1, -0.05) is 254 Å². The van der Waals surface area contributed by atoms with Crippen LogP contribution in [0.25, 0.3) is 0 Å². The van der Waals surface area contributed by atoms with E-state index in [-0.39, 0.29) is 31.1 Å². The maximum Gasteiger partial charge on any atom is 0.306 e. The highest BCUT2D eigenvalue weighted by Crippen LogP contribution is 2.16. The van der Waals surface area contributed by atoms with Crippen LogP contribution in [0.3, 0.4) is 0 Å². The minimum atomic E-state index is -0.786. The molecule has 414 valence electrons.